The van der Waals surface area contributed by atoms with Gasteiger partial charge in [-0.3, -0.25) is 9.59 Å². The zero-order valence-corrected chi connectivity index (χ0v) is 19.1. The molecule has 8 heteroatoms. The van der Waals surface area contributed by atoms with E-state index >= 15 is 0 Å². The first-order valence-corrected chi connectivity index (χ1v) is 12.1. The maximum absolute atomic E-state index is 13.0. The van der Waals surface area contributed by atoms with Gasteiger partial charge < -0.3 is 25.5 Å². The van der Waals surface area contributed by atoms with Crippen molar-refractivity contribution in [2.45, 2.75) is 76.5 Å². The van der Waals surface area contributed by atoms with Crippen molar-refractivity contribution >= 4 is 24.2 Å². The van der Waals surface area contributed by atoms with Crippen LogP contribution in [0.15, 0.2) is 30.3 Å². The van der Waals surface area contributed by atoms with E-state index in [9.17, 15) is 19.2 Å². The minimum atomic E-state index is -0.770. The molecule has 3 N–H and O–H groups in total. The van der Waals surface area contributed by atoms with Crippen LogP contribution in [-0.4, -0.2) is 42.8 Å². The van der Waals surface area contributed by atoms with Crippen LogP contribution < -0.4 is 16.0 Å². The summed E-state index contributed by atoms with van der Waals surface area (Å²) >= 11 is 0. The van der Waals surface area contributed by atoms with E-state index in [1.54, 1.807) is 0 Å². The van der Waals surface area contributed by atoms with Crippen molar-refractivity contribution in [3.63, 3.8) is 0 Å². The Kier molecular flexibility index (Phi) is 9.72. The standard InChI is InChI=1S/C25H35N3O5/c29-16-21(12-11-20-13-14-26-23(20)30)27-24(31)22(15-18-7-3-1-4-8-18)28-25(32)33-17-19-9-5-2-6-10-19/h2,5-6,9-10,16,18,20-22H,1,3-4,7-8,11-15,17H2,(H,26,30)(H,27,31)(H,28,32)/t20-,21+,22+/m1/s1. The molecule has 3 amide bonds. The molecule has 0 radical (unpaired) electrons. The highest BCUT2D eigenvalue weighted by Crippen LogP contribution is 2.27. The summed E-state index contributed by atoms with van der Waals surface area (Å²) in [5, 5.41) is 8.27. The van der Waals surface area contributed by atoms with Crippen molar-refractivity contribution < 1.29 is 23.9 Å². The third-order valence-electron chi connectivity index (χ3n) is 6.60. The molecule has 1 aliphatic carbocycles. The molecule has 2 fully saturated rings. The van der Waals surface area contributed by atoms with E-state index in [2.05, 4.69) is 16.0 Å². The first-order valence-electron chi connectivity index (χ1n) is 12.1. The van der Waals surface area contributed by atoms with E-state index in [1.165, 1.54) is 6.42 Å². The second-order valence-electron chi connectivity index (χ2n) is 9.10. The Labute approximate surface area is 195 Å². The molecule has 0 aromatic heterocycles. The third kappa shape index (κ3) is 8.18. The summed E-state index contributed by atoms with van der Waals surface area (Å²) in [7, 11) is 0. The minimum absolute atomic E-state index is 0.00368. The predicted octanol–water partition coefficient (Wildman–Crippen LogP) is 2.85. The summed E-state index contributed by atoms with van der Waals surface area (Å²) < 4.78 is 5.31. The van der Waals surface area contributed by atoms with E-state index in [0.29, 0.717) is 38.0 Å². The molecule has 3 atom stereocenters. The molecule has 1 saturated heterocycles. The SMILES string of the molecule is O=C[C@H](CC[C@@H]1CCNC1=O)NC(=O)[C@H](CC1CCCCC1)NC(=O)OCc1ccccc1. The average molecular weight is 458 g/mol. The van der Waals surface area contributed by atoms with E-state index in [4.69, 9.17) is 4.74 Å². The predicted molar refractivity (Wildman–Crippen MR) is 123 cm³/mol. The lowest BCUT2D eigenvalue weighted by molar-refractivity contribution is -0.126. The zero-order chi connectivity index (χ0) is 23.5. The molecule has 8 nitrogen and oxygen atoms in total. The highest BCUT2D eigenvalue weighted by Gasteiger charge is 2.29. The Morgan fingerprint density at radius 2 is 1.85 bits per heavy atom. The van der Waals surface area contributed by atoms with Gasteiger partial charge in [0.2, 0.25) is 11.8 Å². The lowest BCUT2D eigenvalue weighted by atomic mass is 9.84. The normalized spacial score (nSPS) is 20.4. The highest BCUT2D eigenvalue weighted by atomic mass is 16.5. The molecular weight excluding hydrogens is 422 g/mol. The molecular formula is C25H35N3O5. The Balaban J connectivity index is 1.55. The van der Waals surface area contributed by atoms with Crippen LogP contribution in [0.2, 0.25) is 0 Å². The number of nitrogens with one attached hydrogen (secondary N) is 3. The molecule has 1 heterocycles. The van der Waals surface area contributed by atoms with Gasteiger partial charge in [-0.15, -0.1) is 0 Å². The van der Waals surface area contributed by atoms with Crippen LogP contribution in [0.4, 0.5) is 4.79 Å². The average Bonchev–Trinajstić information content (AvgIpc) is 3.25. The van der Waals surface area contributed by atoms with Gasteiger partial charge in [0.15, 0.2) is 0 Å². The summed E-state index contributed by atoms with van der Waals surface area (Å²) in [6, 6.07) is 7.87. The number of amides is 3. The van der Waals surface area contributed by atoms with Gasteiger partial charge in [-0.1, -0.05) is 62.4 Å². The fourth-order valence-corrected chi connectivity index (χ4v) is 4.65. The number of alkyl carbamates (subject to hydrolysis) is 1. The van der Waals surface area contributed by atoms with Crippen LogP contribution in [0.5, 0.6) is 0 Å². The van der Waals surface area contributed by atoms with Crippen LogP contribution in [-0.2, 0) is 25.7 Å². The van der Waals surface area contributed by atoms with Crippen LogP contribution >= 0.6 is 0 Å². The molecule has 0 unspecified atom stereocenters. The van der Waals surface area contributed by atoms with E-state index in [-0.39, 0.29) is 24.3 Å². The van der Waals surface area contributed by atoms with Gasteiger partial charge in [-0.2, -0.15) is 0 Å². The number of hydrogen-bond acceptors (Lipinski definition) is 5. The van der Waals surface area contributed by atoms with Crippen molar-refractivity contribution in [1.82, 2.24) is 16.0 Å². The molecule has 1 saturated carbocycles. The minimum Gasteiger partial charge on any atom is -0.445 e. The second-order valence-corrected chi connectivity index (χ2v) is 9.10. The van der Waals surface area contributed by atoms with Gasteiger partial charge in [0, 0.05) is 12.5 Å². The van der Waals surface area contributed by atoms with Crippen molar-refractivity contribution in [1.29, 1.82) is 0 Å². The van der Waals surface area contributed by atoms with Crippen molar-refractivity contribution in [3.05, 3.63) is 35.9 Å². The van der Waals surface area contributed by atoms with Gasteiger partial charge in [-0.25, -0.2) is 4.79 Å². The molecule has 1 aromatic rings. The number of rotatable bonds is 11. The quantitative estimate of drug-likeness (QED) is 0.442. The van der Waals surface area contributed by atoms with Crippen LogP contribution in [0, 0.1) is 11.8 Å². The van der Waals surface area contributed by atoms with E-state index < -0.39 is 18.2 Å². The number of carbonyl (C=O) groups excluding carboxylic acids is 4. The monoisotopic (exact) mass is 457 g/mol. The van der Waals surface area contributed by atoms with E-state index in [1.807, 2.05) is 30.3 Å². The summed E-state index contributed by atoms with van der Waals surface area (Å²) in [5.41, 5.74) is 0.859. The van der Waals surface area contributed by atoms with Gasteiger partial charge >= 0.3 is 6.09 Å². The Hall–Kier alpha value is -2.90. The number of benzene rings is 1. The Morgan fingerprint density at radius 3 is 2.52 bits per heavy atom. The summed E-state index contributed by atoms with van der Waals surface area (Å²) in [6.45, 7) is 0.769. The number of aldehydes is 1. The van der Waals surface area contributed by atoms with Gasteiger partial charge in [0.05, 0.1) is 6.04 Å². The maximum Gasteiger partial charge on any atom is 0.408 e. The summed E-state index contributed by atoms with van der Waals surface area (Å²) in [6.07, 6.45) is 7.74. The number of ether oxygens (including phenoxy) is 1. The van der Waals surface area contributed by atoms with Crippen molar-refractivity contribution in [3.8, 4) is 0 Å². The number of hydrogen-bond donors (Lipinski definition) is 3. The molecule has 0 bridgehead atoms. The molecule has 33 heavy (non-hydrogen) atoms. The lowest BCUT2D eigenvalue weighted by Crippen LogP contribution is -2.51. The summed E-state index contributed by atoms with van der Waals surface area (Å²) in [4.78, 5) is 48.8. The van der Waals surface area contributed by atoms with Crippen molar-refractivity contribution in [2.75, 3.05) is 6.54 Å². The maximum atomic E-state index is 13.0. The molecule has 1 aromatic carbocycles. The van der Waals surface area contributed by atoms with Crippen LogP contribution in [0.3, 0.4) is 0 Å². The highest BCUT2D eigenvalue weighted by molar-refractivity contribution is 5.87. The lowest BCUT2D eigenvalue weighted by Gasteiger charge is -2.27. The zero-order valence-electron chi connectivity index (χ0n) is 19.1. The third-order valence-corrected chi connectivity index (χ3v) is 6.60. The van der Waals surface area contributed by atoms with Gasteiger partial charge in [-0.05, 0) is 37.2 Å². The fraction of sp³-hybridized carbons (Fsp3) is 0.600. The molecule has 1 aliphatic heterocycles. The van der Waals surface area contributed by atoms with Crippen LogP contribution in [0.25, 0.3) is 0 Å². The Bertz CT molecular complexity index is 794. The second kappa shape index (κ2) is 13.0. The molecule has 180 valence electrons. The van der Waals surface area contributed by atoms with Crippen molar-refractivity contribution in [2.24, 2.45) is 11.8 Å². The first kappa shape index (κ1) is 24.7. The van der Waals surface area contributed by atoms with E-state index in [0.717, 1.165) is 37.7 Å². The first-order chi connectivity index (χ1) is 16.0. The van der Waals surface area contributed by atoms with Gasteiger partial charge in [0.1, 0.15) is 18.9 Å². The molecule has 3 rings (SSSR count). The smallest absolute Gasteiger partial charge is 0.408 e. The summed E-state index contributed by atoms with van der Waals surface area (Å²) in [5.74, 6) is -0.150. The Morgan fingerprint density at radius 1 is 1.09 bits per heavy atom. The fourth-order valence-electron chi connectivity index (χ4n) is 4.65. The molecule has 2 aliphatic rings. The topological polar surface area (TPSA) is 114 Å². The van der Waals surface area contributed by atoms with Crippen LogP contribution in [0.1, 0.15) is 63.4 Å². The molecule has 0 spiro atoms. The number of carbonyl (C=O) groups is 4. The van der Waals surface area contributed by atoms with Gasteiger partial charge in [0.25, 0.3) is 0 Å². The largest absolute Gasteiger partial charge is 0.445 e.